The zero-order chi connectivity index (χ0) is 41.4. The normalized spacial score (nSPS) is 14.0. The van der Waals surface area contributed by atoms with Crippen molar-refractivity contribution in [1.29, 1.82) is 0 Å². The molecule has 0 bridgehead atoms. The smallest absolute Gasteiger partial charge is 0.306 e. The number of likely N-dealkylation sites (N-methyl/N-ethyl adjacent to an activating group) is 1. The fourth-order valence-corrected chi connectivity index (χ4v) is 6.61. The Morgan fingerprint density at radius 1 is 0.571 bits per heavy atom. The molecule has 326 valence electrons. The minimum Gasteiger partial charge on any atom is -0.756 e. The van der Waals surface area contributed by atoms with Crippen molar-refractivity contribution in [3.05, 3.63) is 48.6 Å². The number of hydrogen-bond acceptors (Lipinski definition) is 8. The van der Waals surface area contributed by atoms with E-state index in [1.54, 1.807) is 0 Å². The van der Waals surface area contributed by atoms with Gasteiger partial charge in [-0.3, -0.25) is 14.2 Å². The third-order valence-electron chi connectivity index (χ3n) is 9.36. The number of unbranched alkanes of at least 4 members (excludes halogenated alkanes) is 18. The van der Waals surface area contributed by atoms with Crippen LogP contribution in [0.5, 0.6) is 0 Å². The quantitative estimate of drug-likeness (QED) is 0.0198. The third kappa shape index (κ3) is 41.6. The molecular formula is C46H84NO8P. The van der Waals surface area contributed by atoms with Crippen molar-refractivity contribution in [3.8, 4) is 0 Å². The molecule has 0 aromatic rings. The number of carbonyl (C=O) groups excluding carboxylic acids is 2. The second kappa shape index (κ2) is 38.5. The molecule has 0 N–H and O–H groups in total. The van der Waals surface area contributed by atoms with Gasteiger partial charge in [-0.15, -0.1) is 0 Å². The number of rotatable bonds is 40. The molecule has 56 heavy (non-hydrogen) atoms. The van der Waals surface area contributed by atoms with Gasteiger partial charge in [0.05, 0.1) is 27.7 Å². The summed E-state index contributed by atoms with van der Waals surface area (Å²) < 4.78 is 33.9. The molecule has 0 amide bonds. The van der Waals surface area contributed by atoms with Crippen LogP contribution in [0.3, 0.4) is 0 Å². The topological polar surface area (TPSA) is 111 Å². The molecule has 0 aromatic heterocycles. The summed E-state index contributed by atoms with van der Waals surface area (Å²) in [5.74, 6) is -0.880. The van der Waals surface area contributed by atoms with Gasteiger partial charge in [-0.2, -0.15) is 0 Å². The number of nitrogens with zero attached hydrogens (tertiary/aromatic N) is 1. The largest absolute Gasteiger partial charge is 0.756 e. The summed E-state index contributed by atoms with van der Waals surface area (Å²) in [6.45, 7) is 4.07. The van der Waals surface area contributed by atoms with Crippen molar-refractivity contribution in [2.24, 2.45) is 0 Å². The van der Waals surface area contributed by atoms with Crippen LogP contribution in [-0.4, -0.2) is 70.0 Å². The Labute approximate surface area is 343 Å². The number of esters is 2. The highest BCUT2D eigenvalue weighted by molar-refractivity contribution is 7.45. The van der Waals surface area contributed by atoms with E-state index in [1.807, 2.05) is 21.1 Å². The molecule has 0 spiro atoms. The number of ether oxygens (including phenoxy) is 2. The molecule has 0 aliphatic carbocycles. The summed E-state index contributed by atoms with van der Waals surface area (Å²) in [5, 5.41) is 0. The van der Waals surface area contributed by atoms with Crippen LogP contribution in [0.15, 0.2) is 48.6 Å². The Kier molecular flexibility index (Phi) is 37.1. The predicted molar refractivity (Wildman–Crippen MR) is 231 cm³/mol. The van der Waals surface area contributed by atoms with Crippen LogP contribution in [0.4, 0.5) is 0 Å². The highest BCUT2D eigenvalue weighted by Crippen LogP contribution is 2.38. The van der Waals surface area contributed by atoms with Crippen LogP contribution in [0.2, 0.25) is 0 Å². The van der Waals surface area contributed by atoms with E-state index in [9.17, 15) is 19.0 Å². The maximum Gasteiger partial charge on any atom is 0.306 e. The van der Waals surface area contributed by atoms with Crippen LogP contribution < -0.4 is 4.89 Å². The van der Waals surface area contributed by atoms with Gasteiger partial charge in [0.25, 0.3) is 7.82 Å². The Hall–Kier alpha value is -2.03. The van der Waals surface area contributed by atoms with Crippen molar-refractivity contribution in [2.45, 2.75) is 187 Å². The van der Waals surface area contributed by atoms with Gasteiger partial charge in [-0.25, -0.2) is 0 Å². The number of carbonyl (C=O) groups is 2. The van der Waals surface area contributed by atoms with E-state index in [-0.39, 0.29) is 26.1 Å². The van der Waals surface area contributed by atoms with E-state index in [2.05, 4.69) is 62.5 Å². The van der Waals surface area contributed by atoms with Crippen LogP contribution in [-0.2, 0) is 32.7 Å². The lowest BCUT2D eigenvalue weighted by atomic mass is 10.0. The summed E-state index contributed by atoms with van der Waals surface area (Å²) in [6, 6.07) is 0. The lowest BCUT2D eigenvalue weighted by molar-refractivity contribution is -0.870. The van der Waals surface area contributed by atoms with Gasteiger partial charge >= 0.3 is 11.9 Å². The number of hydrogen-bond donors (Lipinski definition) is 0. The maximum absolute atomic E-state index is 12.7. The van der Waals surface area contributed by atoms with Crippen molar-refractivity contribution < 1.29 is 42.1 Å². The molecule has 0 aliphatic rings. The SMILES string of the molecule is CC/C=C\C/C=C\C/C=C\C/C=C\CCCCC(=O)OC[C@H](COP(=O)([O-])OCC[N+](C)(C)C)OC(=O)CCCCCCCCCCCCCCCCCCC. The first-order chi connectivity index (χ1) is 27.0. The molecule has 2 atom stereocenters. The van der Waals surface area contributed by atoms with E-state index in [4.69, 9.17) is 18.5 Å². The molecule has 0 radical (unpaired) electrons. The Bertz CT molecular complexity index is 1100. The molecule has 1 unspecified atom stereocenters. The van der Waals surface area contributed by atoms with Gasteiger partial charge in [0.2, 0.25) is 0 Å². The fourth-order valence-electron chi connectivity index (χ4n) is 5.88. The van der Waals surface area contributed by atoms with E-state index >= 15 is 0 Å². The number of quaternary nitrogens is 1. The van der Waals surface area contributed by atoms with E-state index in [1.165, 1.54) is 83.5 Å². The van der Waals surface area contributed by atoms with Crippen LogP contribution in [0, 0.1) is 0 Å². The highest BCUT2D eigenvalue weighted by Gasteiger charge is 2.21. The van der Waals surface area contributed by atoms with E-state index < -0.39 is 32.5 Å². The first kappa shape index (κ1) is 54.0. The minimum atomic E-state index is -4.63. The molecule has 0 fully saturated rings. The lowest BCUT2D eigenvalue weighted by Gasteiger charge is -2.28. The summed E-state index contributed by atoms with van der Waals surface area (Å²) in [4.78, 5) is 37.5. The van der Waals surface area contributed by atoms with Crippen LogP contribution in [0.25, 0.3) is 0 Å². The Morgan fingerprint density at radius 2 is 1.02 bits per heavy atom. The summed E-state index contributed by atoms with van der Waals surface area (Å²) in [5.41, 5.74) is 0. The number of phosphoric ester groups is 1. The number of allylic oxidation sites excluding steroid dienone is 8. The molecular weight excluding hydrogens is 725 g/mol. The molecule has 0 saturated carbocycles. The van der Waals surface area contributed by atoms with Crippen LogP contribution in [0.1, 0.15) is 181 Å². The van der Waals surface area contributed by atoms with Gasteiger partial charge in [0.1, 0.15) is 19.8 Å². The average Bonchev–Trinajstić information content (AvgIpc) is 3.15. The van der Waals surface area contributed by atoms with Crippen molar-refractivity contribution in [2.75, 3.05) is 47.5 Å². The van der Waals surface area contributed by atoms with Gasteiger partial charge in [0.15, 0.2) is 6.10 Å². The molecule has 0 aliphatic heterocycles. The van der Waals surface area contributed by atoms with Gasteiger partial charge < -0.3 is 27.9 Å². The average molecular weight is 810 g/mol. The van der Waals surface area contributed by atoms with Crippen molar-refractivity contribution >= 4 is 19.8 Å². The van der Waals surface area contributed by atoms with Crippen LogP contribution >= 0.6 is 7.82 Å². The predicted octanol–water partition coefficient (Wildman–Crippen LogP) is 12.1. The second-order valence-corrected chi connectivity index (χ2v) is 17.4. The molecule has 10 heteroatoms. The molecule has 0 aromatic carbocycles. The van der Waals surface area contributed by atoms with Gasteiger partial charge in [0, 0.05) is 12.8 Å². The summed E-state index contributed by atoms with van der Waals surface area (Å²) >= 11 is 0. The zero-order valence-corrected chi connectivity index (χ0v) is 37.5. The Morgan fingerprint density at radius 3 is 1.52 bits per heavy atom. The molecule has 0 saturated heterocycles. The first-order valence-electron chi connectivity index (χ1n) is 22.3. The van der Waals surface area contributed by atoms with Crippen molar-refractivity contribution in [3.63, 3.8) is 0 Å². The summed E-state index contributed by atoms with van der Waals surface area (Å²) in [7, 11) is 1.14. The first-order valence-corrected chi connectivity index (χ1v) is 23.8. The third-order valence-corrected chi connectivity index (χ3v) is 10.3. The fraction of sp³-hybridized carbons (Fsp3) is 0.783. The highest BCUT2D eigenvalue weighted by atomic mass is 31.2. The monoisotopic (exact) mass is 810 g/mol. The zero-order valence-electron chi connectivity index (χ0n) is 36.6. The van der Waals surface area contributed by atoms with Gasteiger partial charge in [-0.05, 0) is 51.4 Å². The Balaban J connectivity index is 4.39. The number of phosphoric acid groups is 1. The van der Waals surface area contributed by atoms with E-state index in [0.717, 1.165) is 57.8 Å². The molecule has 9 nitrogen and oxygen atoms in total. The summed E-state index contributed by atoms with van der Waals surface area (Å²) in [6.07, 6.45) is 44.3. The standard InChI is InChI=1S/C46H84NO8P/c1-6-8-10-12-14-16-18-20-22-23-25-27-29-31-33-35-37-39-46(49)55-44(43-54-56(50,51)53-41-40-47(3,4)5)42-52-45(48)38-36-34-32-30-28-26-24-21-19-17-15-13-11-9-7-2/h9,11,15,17,21,24,28,30,44H,6-8,10,12-14,16,18-20,22-23,25-27,29,31-43H2,1-5H3/b11-9-,17-15-,24-21-,30-28-/t44-/m1/s1. The molecule has 0 rings (SSSR count). The second-order valence-electron chi connectivity index (χ2n) is 16.0. The van der Waals surface area contributed by atoms with Gasteiger partial charge in [-0.1, -0.05) is 165 Å². The maximum atomic E-state index is 12.7. The van der Waals surface area contributed by atoms with Crippen molar-refractivity contribution in [1.82, 2.24) is 0 Å². The molecule has 0 heterocycles. The minimum absolute atomic E-state index is 0.0378. The van der Waals surface area contributed by atoms with E-state index in [0.29, 0.717) is 23.9 Å². The lowest BCUT2D eigenvalue weighted by Crippen LogP contribution is -2.37.